The van der Waals surface area contributed by atoms with E-state index >= 15 is 0 Å². The maximum Gasteiger partial charge on any atom is 0.128 e. The molecule has 0 radical (unpaired) electrons. The average molecular weight is 356 g/mol. The summed E-state index contributed by atoms with van der Waals surface area (Å²) in [6.07, 6.45) is 0.988. The van der Waals surface area contributed by atoms with Crippen LogP contribution in [-0.2, 0) is 13.0 Å². The van der Waals surface area contributed by atoms with Crippen LogP contribution in [-0.4, -0.2) is 37.6 Å². The van der Waals surface area contributed by atoms with E-state index in [-0.39, 0.29) is 5.41 Å². The zero-order valence-electron chi connectivity index (χ0n) is 17.3. The van der Waals surface area contributed by atoms with Crippen LogP contribution in [0.5, 0.6) is 5.75 Å². The molecule has 4 heteroatoms. The van der Waals surface area contributed by atoms with Gasteiger partial charge in [-0.25, -0.2) is 4.98 Å². The number of aryl methyl sites for hydroxylation is 1. The van der Waals surface area contributed by atoms with Gasteiger partial charge in [-0.1, -0.05) is 33.8 Å². The molecular formula is C22H33N3O. The van der Waals surface area contributed by atoms with E-state index in [1.165, 1.54) is 11.1 Å². The third kappa shape index (κ3) is 5.46. The molecule has 0 amide bonds. The van der Waals surface area contributed by atoms with Gasteiger partial charge in [0, 0.05) is 18.7 Å². The fourth-order valence-corrected chi connectivity index (χ4v) is 2.89. The van der Waals surface area contributed by atoms with Crippen molar-refractivity contribution in [3.8, 4) is 17.0 Å². The Hall–Kier alpha value is -2.07. The molecule has 0 saturated carbocycles. The summed E-state index contributed by atoms with van der Waals surface area (Å²) in [5, 5.41) is 3.44. The lowest BCUT2D eigenvalue weighted by molar-refractivity contribution is 0.394. The maximum atomic E-state index is 5.70. The second kappa shape index (κ2) is 8.54. The molecule has 0 bridgehead atoms. The van der Waals surface area contributed by atoms with Gasteiger partial charge in [0.25, 0.3) is 0 Å². The molecule has 1 N–H and O–H groups in total. The molecule has 4 nitrogen and oxygen atoms in total. The Morgan fingerprint density at radius 1 is 1.12 bits per heavy atom. The van der Waals surface area contributed by atoms with Gasteiger partial charge < -0.3 is 15.0 Å². The molecule has 0 aliphatic rings. The monoisotopic (exact) mass is 355 g/mol. The van der Waals surface area contributed by atoms with Crippen LogP contribution in [0.3, 0.4) is 0 Å². The summed E-state index contributed by atoms with van der Waals surface area (Å²) in [5.74, 6) is 1.77. The number of nitrogens with zero attached hydrogens (tertiary/aromatic N) is 2. The highest BCUT2D eigenvalue weighted by atomic mass is 16.5. The lowest BCUT2D eigenvalue weighted by Gasteiger charge is -2.20. The van der Waals surface area contributed by atoms with E-state index in [4.69, 9.17) is 9.72 Å². The molecule has 0 spiro atoms. The number of nitrogens with one attached hydrogen (secondary N) is 1. The molecule has 0 unspecified atom stereocenters. The van der Waals surface area contributed by atoms with Crippen molar-refractivity contribution in [2.45, 2.75) is 40.7 Å². The lowest BCUT2D eigenvalue weighted by atomic mass is 9.97. The van der Waals surface area contributed by atoms with Crippen molar-refractivity contribution in [1.29, 1.82) is 0 Å². The molecule has 0 atom stereocenters. The van der Waals surface area contributed by atoms with E-state index < -0.39 is 0 Å². The third-order valence-corrected chi connectivity index (χ3v) is 4.21. The number of rotatable bonds is 7. The highest BCUT2D eigenvalue weighted by Crippen LogP contribution is 2.33. The lowest BCUT2D eigenvalue weighted by Crippen LogP contribution is -2.19. The summed E-state index contributed by atoms with van der Waals surface area (Å²) in [5.41, 5.74) is 4.83. The predicted octanol–water partition coefficient (Wildman–Crippen LogP) is 4.84. The first-order chi connectivity index (χ1) is 12.2. The summed E-state index contributed by atoms with van der Waals surface area (Å²) in [6.45, 7) is 10.6. The largest absolute Gasteiger partial charge is 0.496 e. The van der Waals surface area contributed by atoms with Crippen molar-refractivity contribution in [1.82, 2.24) is 9.88 Å². The van der Waals surface area contributed by atoms with Gasteiger partial charge in [0.05, 0.1) is 12.8 Å². The van der Waals surface area contributed by atoms with E-state index in [0.717, 1.165) is 42.3 Å². The Morgan fingerprint density at radius 3 is 2.42 bits per heavy atom. The fourth-order valence-electron chi connectivity index (χ4n) is 2.89. The van der Waals surface area contributed by atoms with Gasteiger partial charge in [0.15, 0.2) is 0 Å². The molecule has 0 aliphatic heterocycles. The van der Waals surface area contributed by atoms with Gasteiger partial charge in [0.1, 0.15) is 11.6 Å². The minimum Gasteiger partial charge on any atom is -0.496 e. The molecule has 0 aliphatic carbocycles. The van der Waals surface area contributed by atoms with Crippen LogP contribution < -0.4 is 10.1 Å². The number of anilines is 1. The number of pyridine rings is 1. The summed E-state index contributed by atoms with van der Waals surface area (Å²) in [6, 6.07) is 10.5. The second-order valence-electron chi connectivity index (χ2n) is 8.23. The number of hydrogen-bond donors (Lipinski definition) is 1. The first kappa shape index (κ1) is 20.2. The minimum atomic E-state index is 0.207. The predicted molar refractivity (Wildman–Crippen MR) is 111 cm³/mol. The number of aromatic nitrogens is 1. The molecule has 142 valence electrons. The zero-order chi connectivity index (χ0) is 19.3. The average Bonchev–Trinajstić information content (AvgIpc) is 2.58. The van der Waals surface area contributed by atoms with Crippen LogP contribution in [0.4, 0.5) is 5.82 Å². The van der Waals surface area contributed by atoms with Gasteiger partial charge in [-0.15, -0.1) is 0 Å². The first-order valence-corrected chi connectivity index (χ1v) is 9.29. The minimum absolute atomic E-state index is 0.207. The van der Waals surface area contributed by atoms with Gasteiger partial charge >= 0.3 is 0 Å². The molecule has 26 heavy (non-hydrogen) atoms. The van der Waals surface area contributed by atoms with Crippen LogP contribution in [0.25, 0.3) is 11.3 Å². The van der Waals surface area contributed by atoms with E-state index in [1.807, 2.05) is 18.2 Å². The molecule has 0 fully saturated rings. The van der Waals surface area contributed by atoms with Crippen LogP contribution in [0, 0.1) is 5.41 Å². The number of benzene rings is 1. The van der Waals surface area contributed by atoms with Crippen LogP contribution >= 0.6 is 0 Å². The van der Waals surface area contributed by atoms with E-state index in [9.17, 15) is 0 Å². The first-order valence-electron chi connectivity index (χ1n) is 9.29. The molecule has 2 rings (SSSR count). The number of ether oxygens (including phenoxy) is 1. The van der Waals surface area contributed by atoms with Crippen LogP contribution in [0.15, 0.2) is 30.3 Å². The molecule has 1 aromatic carbocycles. The number of methoxy groups -OCH3 is 1. The summed E-state index contributed by atoms with van der Waals surface area (Å²) in [7, 11) is 5.91. The van der Waals surface area contributed by atoms with Crippen molar-refractivity contribution in [3.05, 3.63) is 41.5 Å². The van der Waals surface area contributed by atoms with Crippen molar-refractivity contribution < 1.29 is 4.74 Å². The maximum absolute atomic E-state index is 5.70. The Morgan fingerprint density at radius 2 is 1.85 bits per heavy atom. The second-order valence-corrected chi connectivity index (χ2v) is 8.23. The standard InChI is InChI=1S/C22H33N3O/c1-8-16-12-18(20(26-7)13-17(16)14-25(5)6)19-10-9-11-21(24-19)23-15-22(2,3)4/h9-13H,8,14-15H2,1-7H3,(H,23,24). The Bertz CT molecular complexity index is 733. The quantitative estimate of drug-likeness (QED) is 0.771. The Labute approximate surface area is 158 Å². The SMILES string of the molecule is CCc1cc(-c2cccc(NCC(C)(C)C)n2)c(OC)cc1CN(C)C. The van der Waals surface area contributed by atoms with Gasteiger partial charge in [-0.3, -0.25) is 0 Å². The number of hydrogen-bond acceptors (Lipinski definition) is 4. The van der Waals surface area contributed by atoms with E-state index in [0.29, 0.717) is 0 Å². The summed E-state index contributed by atoms with van der Waals surface area (Å²) >= 11 is 0. The van der Waals surface area contributed by atoms with Crippen LogP contribution in [0.1, 0.15) is 38.8 Å². The van der Waals surface area contributed by atoms with Crippen molar-refractivity contribution in [2.75, 3.05) is 33.1 Å². The molecule has 1 heterocycles. The molecule has 2 aromatic rings. The van der Waals surface area contributed by atoms with Crippen molar-refractivity contribution >= 4 is 5.82 Å². The van der Waals surface area contributed by atoms with Crippen molar-refractivity contribution in [3.63, 3.8) is 0 Å². The Kier molecular flexibility index (Phi) is 6.65. The van der Waals surface area contributed by atoms with Gasteiger partial charge in [0.2, 0.25) is 0 Å². The third-order valence-electron chi connectivity index (χ3n) is 4.21. The summed E-state index contributed by atoms with van der Waals surface area (Å²) in [4.78, 5) is 7.00. The van der Waals surface area contributed by atoms with Crippen LogP contribution in [0.2, 0.25) is 0 Å². The smallest absolute Gasteiger partial charge is 0.128 e. The fraction of sp³-hybridized carbons (Fsp3) is 0.500. The summed E-state index contributed by atoms with van der Waals surface area (Å²) < 4.78 is 5.70. The molecular weight excluding hydrogens is 322 g/mol. The van der Waals surface area contributed by atoms with Gasteiger partial charge in [-0.2, -0.15) is 0 Å². The highest BCUT2D eigenvalue weighted by molar-refractivity contribution is 5.70. The molecule has 0 saturated heterocycles. The van der Waals surface area contributed by atoms with Crippen molar-refractivity contribution in [2.24, 2.45) is 5.41 Å². The highest BCUT2D eigenvalue weighted by Gasteiger charge is 2.14. The zero-order valence-corrected chi connectivity index (χ0v) is 17.3. The van der Waals surface area contributed by atoms with E-state index in [2.05, 4.69) is 64.1 Å². The normalized spacial score (nSPS) is 11.7. The van der Waals surface area contributed by atoms with E-state index in [1.54, 1.807) is 7.11 Å². The van der Waals surface area contributed by atoms with Gasteiger partial charge in [-0.05, 0) is 61.3 Å². The topological polar surface area (TPSA) is 37.4 Å². The Balaban J connectivity index is 2.41. The molecule has 1 aromatic heterocycles.